The van der Waals surface area contributed by atoms with E-state index in [1.165, 1.54) is 0 Å². The second kappa shape index (κ2) is 8.21. The molecule has 0 aliphatic rings. The summed E-state index contributed by atoms with van der Waals surface area (Å²) in [6.45, 7) is 2.87. The summed E-state index contributed by atoms with van der Waals surface area (Å²) in [5.74, 6) is 0. The van der Waals surface area contributed by atoms with Crippen molar-refractivity contribution in [1.82, 2.24) is 5.32 Å². The minimum absolute atomic E-state index is 0. The van der Waals surface area contributed by atoms with Crippen LogP contribution in [0.1, 0.15) is 19.8 Å². The van der Waals surface area contributed by atoms with Gasteiger partial charge < -0.3 is 10.4 Å². The van der Waals surface area contributed by atoms with Crippen LogP contribution in [0.3, 0.4) is 0 Å². The molecule has 0 aromatic rings. The molecule has 59 valence electrons. The quantitative estimate of drug-likeness (QED) is 0.405. The molecule has 0 spiro atoms. The van der Waals surface area contributed by atoms with Gasteiger partial charge in [-0.3, -0.25) is 0 Å². The van der Waals surface area contributed by atoms with Crippen molar-refractivity contribution in [2.75, 3.05) is 6.54 Å². The van der Waals surface area contributed by atoms with Crippen LogP contribution in [0.5, 0.6) is 0 Å². The number of hydrogen-bond acceptors (Lipinski definition) is 1. The summed E-state index contributed by atoms with van der Waals surface area (Å²) in [6.07, 6.45) is 2.18. The molecule has 0 saturated carbocycles. The SMILES string of the molecule is CCCCNC(O)=S.[Cu]. The fraction of sp³-hybridized carbons (Fsp3) is 0.800. The number of thiocarbonyl (C=S) groups is 1. The molecular formula is C5H11CuNOS. The van der Waals surface area contributed by atoms with Gasteiger partial charge in [0.25, 0.3) is 5.17 Å². The van der Waals surface area contributed by atoms with Gasteiger partial charge in [0.1, 0.15) is 0 Å². The van der Waals surface area contributed by atoms with E-state index in [1.807, 2.05) is 0 Å². The van der Waals surface area contributed by atoms with E-state index in [0.29, 0.717) is 0 Å². The van der Waals surface area contributed by atoms with Gasteiger partial charge in [0, 0.05) is 23.6 Å². The Morgan fingerprint density at radius 1 is 1.67 bits per heavy atom. The Morgan fingerprint density at radius 2 is 2.22 bits per heavy atom. The molecular weight excluding hydrogens is 186 g/mol. The van der Waals surface area contributed by atoms with E-state index in [-0.39, 0.29) is 22.2 Å². The van der Waals surface area contributed by atoms with E-state index in [1.54, 1.807) is 0 Å². The van der Waals surface area contributed by atoms with Crippen LogP contribution in [0, 0.1) is 0 Å². The molecule has 0 aromatic heterocycles. The smallest absolute Gasteiger partial charge is 0.254 e. The molecule has 0 aromatic carbocycles. The molecule has 2 N–H and O–H groups in total. The number of aliphatic hydroxyl groups excluding tert-OH is 1. The maximum Gasteiger partial charge on any atom is 0.254 e. The zero-order valence-electron chi connectivity index (χ0n) is 5.28. The van der Waals surface area contributed by atoms with Crippen LogP contribution in [0.15, 0.2) is 0 Å². The maximum absolute atomic E-state index is 8.40. The van der Waals surface area contributed by atoms with Gasteiger partial charge in [-0.1, -0.05) is 13.3 Å². The van der Waals surface area contributed by atoms with Crippen LogP contribution in [0.4, 0.5) is 0 Å². The van der Waals surface area contributed by atoms with Gasteiger partial charge in [-0.25, -0.2) is 0 Å². The summed E-state index contributed by atoms with van der Waals surface area (Å²) in [5, 5.41) is 10.9. The van der Waals surface area contributed by atoms with Gasteiger partial charge in [0.2, 0.25) is 0 Å². The molecule has 0 amide bonds. The molecule has 0 aliphatic carbocycles. The standard InChI is InChI=1S/C5H11NOS.Cu/c1-2-3-4-6-5(7)8;/h2-4H2,1H3,(H2,6,7,8);. The summed E-state index contributed by atoms with van der Waals surface area (Å²) >= 11 is 4.35. The molecule has 0 aliphatic heterocycles. The Balaban J connectivity index is 0. The van der Waals surface area contributed by atoms with Gasteiger partial charge in [-0.2, -0.15) is 0 Å². The number of hydrogen-bond donors (Lipinski definition) is 2. The van der Waals surface area contributed by atoms with Crippen LogP contribution >= 0.6 is 12.2 Å². The third-order valence-corrected chi connectivity index (χ3v) is 0.951. The molecule has 9 heavy (non-hydrogen) atoms. The third-order valence-electron chi connectivity index (χ3n) is 0.807. The second-order valence-corrected chi connectivity index (χ2v) is 1.97. The third kappa shape index (κ3) is 11.7. The van der Waals surface area contributed by atoms with E-state index in [0.717, 1.165) is 19.4 Å². The normalized spacial score (nSPS) is 7.67. The van der Waals surface area contributed by atoms with Crippen molar-refractivity contribution in [3.05, 3.63) is 0 Å². The zero-order valence-corrected chi connectivity index (χ0v) is 7.04. The maximum atomic E-state index is 8.40. The molecule has 0 atom stereocenters. The Morgan fingerprint density at radius 3 is 2.56 bits per heavy atom. The van der Waals surface area contributed by atoms with Gasteiger partial charge in [-0.05, 0) is 18.6 Å². The Hall–Kier alpha value is 0.209. The molecule has 0 fully saturated rings. The average Bonchev–Trinajstić information content (AvgIpc) is 1.66. The van der Waals surface area contributed by atoms with E-state index in [9.17, 15) is 0 Å². The predicted octanol–water partition coefficient (Wildman–Crippen LogP) is 1.22. The van der Waals surface area contributed by atoms with E-state index >= 15 is 0 Å². The molecule has 0 saturated heterocycles. The monoisotopic (exact) mass is 196 g/mol. The second-order valence-electron chi connectivity index (χ2n) is 1.59. The van der Waals surface area contributed by atoms with Gasteiger partial charge in [0.05, 0.1) is 0 Å². The number of rotatable bonds is 3. The Labute approximate surface area is 71.5 Å². The first-order valence-electron chi connectivity index (χ1n) is 2.74. The van der Waals surface area contributed by atoms with Gasteiger partial charge in [-0.15, -0.1) is 0 Å². The molecule has 0 rings (SSSR count). The van der Waals surface area contributed by atoms with Gasteiger partial charge in [0.15, 0.2) is 0 Å². The first-order chi connectivity index (χ1) is 3.77. The van der Waals surface area contributed by atoms with Crippen LogP contribution in [-0.2, 0) is 17.1 Å². The molecule has 0 heterocycles. The summed E-state index contributed by atoms with van der Waals surface area (Å²) in [7, 11) is 0. The van der Waals surface area contributed by atoms with Crippen molar-refractivity contribution in [1.29, 1.82) is 0 Å². The van der Waals surface area contributed by atoms with Crippen LogP contribution < -0.4 is 5.32 Å². The van der Waals surface area contributed by atoms with Crippen molar-refractivity contribution in [2.45, 2.75) is 19.8 Å². The van der Waals surface area contributed by atoms with Crippen molar-refractivity contribution < 1.29 is 22.2 Å². The average molecular weight is 197 g/mol. The zero-order chi connectivity index (χ0) is 6.41. The Kier molecular flexibility index (Phi) is 10.9. The first-order valence-corrected chi connectivity index (χ1v) is 3.15. The van der Waals surface area contributed by atoms with Crippen molar-refractivity contribution in [3.63, 3.8) is 0 Å². The molecule has 0 bridgehead atoms. The van der Waals surface area contributed by atoms with Crippen molar-refractivity contribution in [3.8, 4) is 0 Å². The van der Waals surface area contributed by atoms with Crippen LogP contribution in [0.25, 0.3) is 0 Å². The minimum Gasteiger partial charge on any atom is -0.487 e. The summed E-state index contributed by atoms with van der Waals surface area (Å²) in [6, 6.07) is 0. The largest absolute Gasteiger partial charge is 0.487 e. The fourth-order valence-electron chi connectivity index (χ4n) is 0.372. The number of nitrogens with one attached hydrogen (secondary N) is 1. The number of aliphatic hydroxyl groups is 1. The van der Waals surface area contributed by atoms with E-state index in [4.69, 9.17) is 5.11 Å². The predicted molar refractivity (Wildman–Crippen MR) is 38.1 cm³/mol. The minimum atomic E-state index is -0.0987. The molecule has 0 unspecified atom stereocenters. The van der Waals surface area contributed by atoms with Crippen molar-refractivity contribution in [2.24, 2.45) is 0 Å². The Bertz CT molecular complexity index is 79.4. The molecule has 4 heteroatoms. The van der Waals surface area contributed by atoms with Crippen LogP contribution in [-0.4, -0.2) is 16.8 Å². The summed E-state index contributed by atoms with van der Waals surface area (Å²) < 4.78 is 0. The van der Waals surface area contributed by atoms with E-state index in [2.05, 4.69) is 24.5 Å². The summed E-state index contributed by atoms with van der Waals surface area (Å²) in [5.41, 5.74) is 0. The first kappa shape index (κ1) is 11.9. The topological polar surface area (TPSA) is 32.3 Å². The summed E-state index contributed by atoms with van der Waals surface area (Å²) in [4.78, 5) is 0. The van der Waals surface area contributed by atoms with E-state index < -0.39 is 0 Å². The molecule has 2 nitrogen and oxygen atoms in total. The molecule has 1 radical (unpaired) electrons. The van der Waals surface area contributed by atoms with Crippen LogP contribution in [0.2, 0.25) is 0 Å². The number of unbranched alkanes of at least 4 members (excludes halogenated alkanes) is 1. The van der Waals surface area contributed by atoms with Crippen molar-refractivity contribution >= 4 is 17.4 Å². The fourth-order valence-corrected chi connectivity index (χ4v) is 0.474. The van der Waals surface area contributed by atoms with Gasteiger partial charge >= 0.3 is 0 Å².